The fourth-order valence-electron chi connectivity index (χ4n) is 3.35. The van der Waals surface area contributed by atoms with Gasteiger partial charge in [0.1, 0.15) is 0 Å². The summed E-state index contributed by atoms with van der Waals surface area (Å²) in [6, 6.07) is 9.91. The molecular formula is C20H28N2O3. The Labute approximate surface area is 150 Å². The summed E-state index contributed by atoms with van der Waals surface area (Å²) in [7, 11) is 1.66. The summed E-state index contributed by atoms with van der Waals surface area (Å²) in [6.07, 6.45) is 5.40. The number of piperidine rings is 1. The van der Waals surface area contributed by atoms with Crippen molar-refractivity contribution in [3.8, 4) is 0 Å². The van der Waals surface area contributed by atoms with E-state index in [-0.39, 0.29) is 11.8 Å². The number of benzene rings is 1. The Kier molecular flexibility index (Phi) is 7.19. The van der Waals surface area contributed by atoms with Crippen LogP contribution >= 0.6 is 0 Å². The minimum Gasteiger partial charge on any atom is -0.385 e. The molecule has 136 valence electrons. The highest BCUT2D eigenvalue weighted by Crippen LogP contribution is 2.36. The number of likely N-dealkylation sites (tertiary alicyclic amines) is 1. The third-order valence-corrected chi connectivity index (χ3v) is 4.81. The third-order valence-electron chi connectivity index (χ3n) is 4.81. The Morgan fingerprint density at radius 1 is 1.24 bits per heavy atom. The Bertz CT molecular complexity index is 590. The zero-order valence-corrected chi connectivity index (χ0v) is 15.2. The van der Waals surface area contributed by atoms with E-state index < -0.39 is 5.41 Å². The van der Waals surface area contributed by atoms with Gasteiger partial charge >= 0.3 is 0 Å². The smallest absolute Gasteiger partial charge is 0.246 e. The van der Waals surface area contributed by atoms with Gasteiger partial charge in [-0.05, 0) is 37.8 Å². The SMILES string of the molecule is CC=CC(=O)N1CCC(C(=O)NCCCOC)(c2ccccc2)CC1. The zero-order chi connectivity index (χ0) is 18.1. The first-order valence-electron chi connectivity index (χ1n) is 8.88. The van der Waals surface area contributed by atoms with Crippen molar-refractivity contribution in [3.05, 3.63) is 48.0 Å². The molecule has 5 heteroatoms. The summed E-state index contributed by atoms with van der Waals surface area (Å²) < 4.78 is 5.04. The van der Waals surface area contributed by atoms with Crippen LogP contribution in [-0.4, -0.2) is 50.1 Å². The lowest BCUT2D eigenvalue weighted by Crippen LogP contribution is -2.52. The van der Waals surface area contributed by atoms with Gasteiger partial charge in [0.25, 0.3) is 0 Å². The lowest BCUT2D eigenvalue weighted by atomic mass is 9.72. The van der Waals surface area contributed by atoms with Gasteiger partial charge in [-0.2, -0.15) is 0 Å². The summed E-state index contributed by atoms with van der Waals surface area (Å²) in [5.74, 6) is 0.0672. The van der Waals surface area contributed by atoms with Crippen molar-refractivity contribution in [2.24, 2.45) is 0 Å². The Morgan fingerprint density at radius 2 is 1.92 bits per heavy atom. The molecule has 0 spiro atoms. The normalized spacial score (nSPS) is 16.8. The molecule has 2 amide bonds. The average Bonchev–Trinajstić information content (AvgIpc) is 2.66. The van der Waals surface area contributed by atoms with E-state index in [1.165, 1.54) is 0 Å². The molecular weight excluding hydrogens is 316 g/mol. The second-order valence-electron chi connectivity index (χ2n) is 6.38. The van der Waals surface area contributed by atoms with E-state index in [0.717, 1.165) is 12.0 Å². The van der Waals surface area contributed by atoms with Gasteiger partial charge in [0.05, 0.1) is 5.41 Å². The van der Waals surface area contributed by atoms with Gasteiger partial charge in [-0.25, -0.2) is 0 Å². The molecule has 1 aromatic carbocycles. The molecule has 0 bridgehead atoms. The highest BCUT2D eigenvalue weighted by Gasteiger charge is 2.43. The number of carbonyl (C=O) groups excluding carboxylic acids is 2. The maximum atomic E-state index is 13.0. The van der Waals surface area contributed by atoms with Gasteiger partial charge in [0.2, 0.25) is 11.8 Å². The van der Waals surface area contributed by atoms with E-state index in [9.17, 15) is 9.59 Å². The van der Waals surface area contributed by atoms with E-state index in [1.807, 2.05) is 42.2 Å². The molecule has 1 heterocycles. The monoisotopic (exact) mass is 344 g/mol. The molecule has 1 saturated heterocycles. The molecule has 0 saturated carbocycles. The largest absolute Gasteiger partial charge is 0.385 e. The number of amides is 2. The summed E-state index contributed by atoms with van der Waals surface area (Å²) in [5, 5.41) is 3.06. The average molecular weight is 344 g/mol. The summed E-state index contributed by atoms with van der Waals surface area (Å²) in [6.45, 7) is 4.24. The van der Waals surface area contributed by atoms with Crippen LogP contribution in [-0.2, 0) is 19.7 Å². The number of nitrogens with zero attached hydrogens (tertiary/aromatic N) is 1. The van der Waals surface area contributed by atoms with Crippen LogP contribution in [0.1, 0.15) is 31.7 Å². The molecule has 0 aromatic heterocycles. The van der Waals surface area contributed by atoms with Crippen molar-refractivity contribution in [2.45, 2.75) is 31.6 Å². The zero-order valence-electron chi connectivity index (χ0n) is 15.2. The molecule has 5 nitrogen and oxygen atoms in total. The minimum absolute atomic E-state index is 0.0182. The van der Waals surface area contributed by atoms with Crippen LogP contribution in [0.15, 0.2) is 42.5 Å². The molecule has 1 aliphatic rings. The molecule has 25 heavy (non-hydrogen) atoms. The van der Waals surface area contributed by atoms with Crippen molar-refractivity contribution in [2.75, 3.05) is 33.4 Å². The third kappa shape index (κ3) is 4.69. The Balaban J connectivity index is 2.13. The van der Waals surface area contributed by atoms with Crippen LogP contribution in [0.25, 0.3) is 0 Å². The van der Waals surface area contributed by atoms with Gasteiger partial charge in [0, 0.05) is 33.4 Å². The standard InChI is InChI=1S/C20H28N2O3/c1-3-8-18(23)22-14-11-20(12-15-22,17-9-5-4-6-10-17)19(24)21-13-7-16-25-2/h3-6,8-10H,7,11-16H2,1-2H3,(H,21,24). The predicted octanol–water partition coefficient (Wildman–Crippen LogP) is 2.28. The number of ether oxygens (including phenoxy) is 1. The summed E-state index contributed by atoms with van der Waals surface area (Å²) in [5.41, 5.74) is 0.457. The van der Waals surface area contributed by atoms with E-state index in [0.29, 0.717) is 39.1 Å². The number of methoxy groups -OCH3 is 1. The number of hydrogen-bond donors (Lipinski definition) is 1. The molecule has 2 rings (SSSR count). The Morgan fingerprint density at radius 3 is 2.52 bits per heavy atom. The van der Waals surface area contributed by atoms with Crippen LogP contribution in [0.5, 0.6) is 0 Å². The molecule has 1 aliphatic heterocycles. The summed E-state index contributed by atoms with van der Waals surface area (Å²) >= 11 is 0. The van der Waals surface area contributed by atoms with Gasteiger partial charge in [-0.15, -0.1) is 0 Å². The van der Waals surface area contributed by atoms with Crippen molar-refractivity contribution in [3.63, 3.8) is 0 Å². The number of hydrogen-bond acceptors (Lipinski definition) is 3. The van der Waals surface area contributed by atoms with Gasteiger partial charge in [-0.1, -0.05) is 36.4 Å². The molecule has 1 N–H and O–H groups in total. The van der Waals surface area contributed by atoms with E-state index in [2.05, 4.69) is 5.32 Å². The lowest BCUT2D eigenvalue weighted by molar-refractivity contribution is -0.133. The number of nitrogens with one attached hydrogen (secondary N) is 1. The van der Waals surface area contributed by atoms with Gasteiger partial charge < -0.3 is 15.0 Å². The number of allylic oxidation sites excluding steroid dienone is 1. The van der Waals surface area contributed by atoms with Crippen LogP contribution in [0.2, 0.25) is 0 Å². The van der Waals surface area contributed by atoms with Gasteiger partial charge in [-0.3, -0.25) is 9.59 Å². The van der Waals surface area contributed by atoms with Crippen LogP contribution < -0.4 is 5.32 Å². The van der Waals surface area contributed by atoms with E-state index >= 15 is 0 Å². The highest BCUT2D eigenvalue weighted by molar-refractivity contribution is 5.90. The maximum absolute atomic E-state index is 13.0. The van der Waals surface area contributed by atoms with Crippen molar-refractivity contribution in [1.29, 1.82) is 0 Å². The van der Waals surface area contributed by atoms with Crippen molar-refractivity contribution >= 4 is 11.8 Å². The van der Waals surface area contributed by atoms with Crippen LogP contribution in [0, 0.1) is 0 Å². The lowest BCUT2D eigenvalue weighted by Gasteiger charge is -2.40. The predicted molar refractivity (Wildman–Crippen MR) is 98.3 cm³/mol. The number of carbonyl (C=O) groups is 2. The second-order valence-corrected chi connectivity index (χ2v) is 6.38. The second kappa shape index (κ2) is 9.37. The van der Waals surface area contributed by atoms with Crippen molar-refractivity contribution < 1.29 is 14.3 Å². The van der Waals surface area contributed by atoms with Crippen LogP contribution in [0.3, 0.4) is 0 Å². The van der Waals surface area contributed by atoms with Gasteiger partial charge in [0.15, 0.2) is 0 Å². The van der Waals surface area contributed by atoms with Crippen LogP contribution in [0.4, 0.5) is 0 Å². The molecule has 0 unspecified atom stereocenters. The molecule has 0 radical (unpaired) electrons. The minimum atomic E-state index is -0.568. The summed E-state index contributed by atoms with van der Waals surface area (Å²) in [4.78, 5) is 26.9. The highest BCUT2D eigenvalue weighted by atomic mass is 16.5. The number of rotatable bonds is 7. The molecule has 1 fully saturated rings. The fourth-order valence-corrected chi connectivity index (χ4v) is 3.35. The first kappa shape index (κ1) is 19.2. The van der Waals surface area contributed by atoms with Crippen molar-refractivity contribution in [1.82, 2.24) is 10.2 Å². The molecule has 0 aliphatic carbocycles. The quantitative estimate of drug-likeness (QED) is 0.610. The molecule has 0 atom stereocenters. The first-order chi connectivity index (χ1) is 12.1. The first-order valence-corrected chi connectivity index (χ1v) is 8.88. The Hall–Kier alpha value is -2.14. The fraction of sp³-hybridized carbons (Fsp3) is 0.500. The van der Waals surface area contributed by atoms with E-state index in [4.69, 9.17) is 4.74 Å². The van der Waals surface area contributed by atoms with E-state index in [1.54, 1.807) is 19.3 Å². The topological polar surface area (TPSA) is 58.6 Å². The maximum Gasteiger partial charge on any atom is 0.246 e. The molecule has 1 aromatic rings.